The van der Waals surface area contributed by atoms with Gasteiger partial charge >= 0.3 is 5.97 Å². The van der Waals surface area contributed by atoms with E-state index in [4.69, 9.17) is 5.11 Å². The van der Waals surface area contributed by atoms with Crippen LogP contribution in [0.3, 0.4) is 0 Å². The van der Waals surface area contributed by atoms with Crippen molar-refractivity contribution in [2.24, 2.45) is 5.92 Å². The largest absolute Gasteiger partial charge is 0.481 e. The minimum Gasteiger partial charge on any atom is -0.481 e. The quantitative estimate of drug-likeness (QED) is 0.784. The van der Waals surface area contributed by atoms with E-state index in [1.165, 1.54) is 25.7 Å². The first-order chi connectivity index (χ1) is 8.63. The molecule has 0 spiro atoms. The van der Waals surface area contributed by atoms with E-state index in [0.29, 0.717) is 24.4 Å². The summed E-state index contributed by atoms with van der Waals surface area (Å²) in [5.74, 6) is -0.123. The molecule has 2 atom stereocenters. The highest BCUT2D eigenvalue weighted by molar-refractivity contribution is 5.66. The summed E-state index contributed by atoms with van der Waals surface area (Å²) in [5, 5.41) is 12.6. The fourth-order valence-corrected chi connectivity index (χ4v) is 3.53. The molecule has 18 heavy (non-hydrogen) atoms. The lowest BCUT2D eigenvalue weighted by Crippen LogP contribution is -2.50. The minimum absolute atomic E-state index is 0.314. The second-order valence-corrected chi connectivity index (χ2v) is 6.10. The van der Waals surface area contributed by atoms with Crippen molar-refractivity contribution >= 4 is 5.97 Å². The van der Waals surface area contributed by atoms with Crippen LogP contribution >= 0.6 is 0 Å². The monoisotopic (exact) mass is 254 g/mol. The molecule has 2 fully saturated rings. The van der Waals surface area contributed by atoms with E-state index in [9.17, 15) is 4.79 Å². The Morgan fingerprint density at radius 1 is 1.28 bits per heavy atom. The lowest BCUT2D eigenvalue weighted by molar-refractivity contribution is -0.137. The lowest BCUT2D eigenvalue weighted by atomic mass is 9.90. The summed E-state index contributed by atoms with van der Waals surface area (Å²) in [6.07, 6.45) is 7.65. The molecule has 4 nitrogen and oxygen atoms in total. The van der Waals surface area contributed by atoms with Crippen molar-refractivity contribution in [2.45, 2.75) is 57.0 Å². The average Bonchev–Trinajstić information content (AvgIpc) is 2.78. The molecule has 0 bridgehead atoms. The van der Waals surface area contributed by atoms with E-state index >= 15 is 0 Å². The van der Waals surface area contributed by atoms with Crippen molar-refractivity contribution < 1.29 is 9.90 Å². The predicted octanol–water partition coefficient (Wildman–Crippen LogP) is 1.70. The van der Waals surface area contributed by atoms with Gasteiger partial charge in [0.25, 0.3) is 0 Å². The third-order valence-electron chi connectivity index (χ3n) is 4.31. The van der Waals surface area contributed by atoms with Gasteiger partial charge in [-0.15, -0.1) is 0 Å². The molecule has 1 heterocycles. The summed E-state index contributed by atoms with van der Waals surface area (Å²) >= 11 is 0. The first-order valence-electron chi connectivity index (χ1n) is 7.30. The van der Waals surface area contributed by atoms with E-state index in [-0.39, 0.29) is 0 Å². The smallest absolute Gasteiger partial charge is 0.303 e. The van der Waals surface area contributed by atoms with Gasteiger partial charge < -0.3 is 15.3 Å². The number of nitrogens with one attached hydrogen (secondary N) is 1. The molecule has 2 N–H and O–H groups in total. The summed E-state index contributed by atoms with van der Waals surface area (Å²) in [7, 11) is 2.15. The van der Waals surface area contributed by atoms with Crippen LogP contribution in [-0.2, 0) is 4.79 Å². The maximum Gasteiger partial charge on any atom is 0.303 e. The SMILES string of the molecule is CN1CC(CCC(=O)O)CC(NC2CCCC2)C1. The fraction of sp³-hybridized carbons (Fsp3) is 0.929. The van der Waals surface area contributed by atoms with Gasteiger partial charge in [-0.05, 0) is 38.6 Å². The Morgan fingerprint density at radius 3 is 2.67 bits per heavy atom. The molecule has 4 heteroatoms. The molecular formula is C14H26N2O2. The van der Waals surface area contributed by atoms with Crippen LogP contribution in [0.4, 0.5) is 0 Å². The lowest BCUT2D eigenvalue weighted by Gasteiger charge is -2.37. The van der Waals surface area contributed by atoms with Gasteiger partial charge in [-0.25, -0.2) is 0 Å². The zero-order valence-corrected chi connectivity index (χ0v) is 11.4. The number of likely N-dealkylation sites (tertiary alicyclic amines) is 1. The number of aliphatic carboxylic acids is 1. The summed E-state index contributed by atoms with van der Waals surface area (Å²) in [4.78, 5) is 13.0. The van der Waals surface area contributed by atoms with E-state index in [1.54, 1.807) is 0 Å². The van der Waals surface area contributed by atoms with Crippen molar-refractivity contribution in [1.82, 2.24) is 10.2 Å². The van der Waals surface area contributed by atoms with Gasteiger partial charge in [-0.3, -0.25) is 4.79 Å². The fourth-order valence-electron chi connectivity index (χ4n) is 3.53. The number of nitrogens with zero attached hydrogens (tertiary/aromatic N) is 1. The van der Waals surface area contributed by atoms with E-state index in [1.807, 2.05) is 0 Å². The van der Waals surface area contributed by atoms with Crippen LogP contribution in [0, 0.1) is 5.92 Å². The second kappa shape index (κ2) is 6.53. The van der Waals surface area contributed by atoms with Crippen LogP contribution in [0.2, 0.25) is 0 Å². The van der Waals surface area contributed by atoms with Gasteiger partial charge in [0.2, 0.25) is 0 Å². The number of carboxylic acids is 1. The third kappa shape index (κ3) is 4.25. The molecule has 1 aliphatic carbocycles. The van der Waals surface area contributed by atoms with E-state index < -0.39 is 5.97 Å². The maximum absolute atomic E-state index is 10.7. The van der Waals surface area contributed by atoms with Crippen molar-refractivity contribution in [2.75, 3.05) is 20.1 Å². The van der Waals surface area contributed by atoms with Crippen molar-refractivity contribution in [3.8, 4) is 0 Å². The topological polar surface area (TPSA) is 52.6 Å². The average molecular weight is 254 g/mol. The number of hydrogen-bond donors (Lipinski definition) is 2. The molecular weight excluding hydrogens is 228 g/mol. The summed E-state index contributed by atoms with van der Waals surface area (Å²) in [6, 6.07) is 1.27. The maximum atomic E-state index is 10.7. The number of piperidine rings is 1. The van der Waals surface area contributed by atoms with Crippen LogP contribution in [0.15, 0.2) is 0 Å². The van der Waals surface area contributed by atoms with Crippen molar-refractivity contribution in [1.29, 1.82) is 0 Å². The van der Waals surface area contributed by atoms with Gasteiger partial charge in [0, 0.05) is 31.6 Å². The van der Waals surface area contributed by atoms with Crippen molar-refractivity contribution in [3.05, 3.63) is 0 Å². The van der Waals surface area contributed by atoms with Crippen molar-refractivity contribution in [3.63, 3.8) is 0 Å². The van der Waals surface area contributed by atoms with Crippen LogP contribution in [0.5, 0.6) is 0 Å². The summed E-state index contributed by atoms with van der Waals surface area (Å²) in [5.41, 5.74) is 0. The van der Waals surface area contributed by atoms with Crippen LogP contribution < -0.4 is 5.32 Å². The third-order valence-corrected chi connectivity index (χ3v) is 4.31. The zero-order valence-electron chi connectivity index (χ0n) is 11.4. The number of hydrogen-bond acceptors (Lipinski definition) is 3. The molecule has 1 aliphatic heterocycles. The Kier molecular flexibility index (Phi) is 5.01. The van der Waals surface area contributed by atoms with Gasteiger partial charge in [-0.1, -0.05) is 12.8 Å². The Hall–Kier alpha value is -0.610. The molecule has 104 valence electrons. The summed E-state index contributed by atoms with van der Waals surface area (Å²) < 4.78 is 0. The molecule has 1 saturated carbocycles. The van der Waals surface area contributed by atoms with E-state index in [2.05, 4.69) is 17.3 Å². The Labute approximate surface area is 110 Å². The standard InChI is InChI=1S/C14H26N2O2/c1-16-9-11(6-7-14(17)18)8-13(10-16)15-12-4-2-3-5-12/h11-13,15H,2-10H2,1H3,(H,17,18). The van der Waals surface area contributed by atoms with Gasteiger partial charge in [0.1, 0.15) is 0 Å². The number of carbonyl (C=O) groups is 1. The molecule has 2 rings (SSSR count). The summed E-state index contributed by atoms with van der Waals surface area (Å²) in [6.45, 7) is 2.16. The molecule has 0 radical (unpaired) electrons. The predicted molar refractivity (Wildman–Crippen MR) is 71.7 cm³/mol. The van der Waals surface area contributed by atoms with Crippen LogP contribution in [-0.4, -0.2) is 48.2 Å². The first kappa shape index (κ1) is 13.8. The van der Waals surface area contributed by atoms with Gasteiger partial charge in [-0.2, -0.15) is 0 Å². The zero-order chi connectivity index (χ0) is 13.0. The molecule has 0 amide bonds. The highest BCUT2D eigenvalue weighted by Gasteiger charge is 2.27. The van der Waals surface area contributed by atoms with Crippen LogP contribution in [0.1, 0.15) is 44.9 Å². The Bertz CT molecular complexity index is 277. The second-order valence-electron chi connectivity index (χ2n) is 6.10. The Morgan fingerprint density at radius 2 is 2.00 bits per heavy atom. The highest BCUT2D eigenvalue weighted by atomic mass is 16.4. The van der Waals surface area contributed by atoms with Crippen LogP contribution in [0.25, 0.3) is 0 Å². The number of likely N-dealkylation sites (N-methyl/N-ethyl adjacent to an activating group) is 1. The van der Waals surface area contributed by atoms with Gasteiger partial charge in [0.05, 0.1) is 0 Å². The highest BCUT2D eigenvalue weighted by Crippen LogP contribution is 2.24. The number of carboxylic acid groups (broad SMARTS) is 1. The molecule has 0 aromatic carbocycles. The number of rotatable bonds is 5. The normalized spacial score (nSPS) is 30.7. The van der Waals surface area contributed by atoms with Gasteiger partial charge in [0.15, 0.2) is 0 Å². The molecule has 0 aromatic heterocycles. The van der Waals surface area contributed by atoms with E-state index in [0.717, 1.165) is 25.9 Å². The first-order valence-corrected chi connectivity index (χ1v) is 7.30. The minimum atomic E-state index is -0.663. The molecule has 1 saturated heterocycles. The molecule has 2 aliphatic rings. The Balaban J connectivity index is 1.77. The molecule has 2 unspecified atom stereocenters. The molecule has 0 aromatic rings.